The molecular formula is C17H25N3O2. The molecule has 1 atom stereocenters. The Labute approximate surface area is 132 Å². The van der Waals surface area contributed by atoms with Crippen LogP contribution in [0.3, 0.4) is 0 Å². The van der Waals surface area contributed by atoms with Crippen LogP contribution in [-0.2, 0) is 9.59 Å². The van der Waals surface area contributed by atoms with Crippen molar-refractivity contribution < 1.29 is 9.59 Å². The summed E-state index contributed by atoms with van der Waals surface area (Å²) in [5, 5.41) is 0. The Bertz CT molecular complexity index is 516. The molecule has 120 valence electrons. The van der Waals surface area contributed by atoms with Gasteiger partial charge in [0, 0.05) is 26.2 Å². The van der Waals surface area contributed by atoms with E-state index >= 15 is 0 Å². The molecule has 0 spiro atoms. The van der Waals surface area contributed by atoms with E-state index in [9.17, 15) is 9.59 Å². The van der Waals surface area contributed by atoms with Crippen LogP contribution >= 0.6 is 0 Å². The van der Waals surface area contributed by atoms with E-state index in [0.717, 1.165) is 12.8 Å². The number of likely N-dealkylation sites (N-methyl/N-ethyl adjacent to an activating group) is 1. The summed E-state index contributed by atoms with van der Waals surface area (Å²) in [5.41, 5.74) is 0. The molecule has 1 unspecified atom stereocenters. The molecule has 0 radical (unpaired) electrons. The monoisotopic (exact) mass is 303 g/mol. The molecule has 5 nitrogen and oxygen atoms in total. The van der Waals surface area contributed by atoms with E-state index in [0.29, 0.717) is 31.1 Å². The topological polar surface area (TPSA) is 53.5 Å². The SMILES string of the molecule is CC(C)CC(C(=O)N(C)c1ccccn1)N1CCCCC1=O. The minimum atomic E-state index is -0.389. The van der Waals surface area contributed by atoms with Crippen molar-refractivity contribution in [2.45, 2.75) is 45.6 Å². The zero-order valence-corrected chi connectivity index (χ0v) is 13.7. The summed E-state index contributed by atoms with van der Waals surface area (Å²) in [6, 6.07) is 5.10. The third-order valence-corrected chi connectivity index (χ3v) is 4.04. The number of rotatable bonds is 5. The van der Waals surface area contributed by atoms with Gasteiger partial charge in [-0.2, -0.15) is 0 Å². The van der Waals surface area contributed by atoms with E-state index in [4.69, 9.17) is 0 Å². The van der Waals surface area contributed by atoms with Crippen LogP contribution in [0.25, 0.3) is 0 Å². The van der Waals surface area contributed by atoms with Gasteiger partial charge in [-0.25, -0.2) is 4.98 Å². The summed E-state index contributed by atoms with van der Waals surface area (Å²) in [4.78, 5) is 32.7. The Morgan fingerprint density at radius 2 is 2.14 bits per heavy atom. The molecule has 2 heterocycles. The van der Waals surface area contributed by atoms with Crippen LogP contribution in [0.1, 0.15) is 39.5 Å². The molecule has 2 rings (SSSR count). The standard InChI is InChI=1S/C17H25N3O2/c1-13(2)12-14(20-11-7-5-9-16(20)21)17(22)19(3)15-8-4-6-10-18-15/h4,6,8,10,13-14H,5,7,9,11-12H2,1-3H3. The highest BCUT2D eigenvalue weighted by Crippen LogP contribution is 2.21. The van der Waals surface area contributed by atoms with Gasteiger partial charge in [0.2, 0.25) is 5.91 Å². The number of nitrogens with zero attached hydrogens (tertiary/aromatic N) is 3. The molecule has 1 aliphatic rings. The van der Waals surface area contributed by atoms with Crippen molar-refractivity contribution >= 4 is 17.6 Å². The summed E-state index contributed by atoms with van der Waals surface area (Å²) in [6.07, 6.45) is 4.80. The molecule has 5 heteroatoms. The number of hydrogen-bond acceptors (Lipinski definition) is 3. The summed E-state index contributed by atoms with van der Waals surface area (Å²) >= 11 is 0. The largest absolute Gasteiger partial charge is 0.331 e. The first-order valence-corrected chi connectivity index (χ1v) is 7.98. The molecule has 22 heavy (non-hydrogen) atoms. The number of likely N-dealkylation sites (tertiary alicyclic amines) is 1. The lowest BCUT2D eigenvalue weighted by Crippen LogP contribution is -2.52. The molecule has 1 saturated heterocycles. The normalized spacial score (nSPS) is 16.7. The van der Waals surface area contributed by atoms with E-state index in [1.807, 2.05) is 18.2 Å². The van der Waals surface area contributed by atoms with Gasteiger partial charge < -0.3 is 4.90 Å². The number of pyridine rings is 1. The fourth-order valence-corrected chi connectivity index (χ4v) is 2.85. The Morgan fingerprint density at radius 3 is 2.73 bits per heavy atom. The molecule has 0 aromatic carbocycles. The van der Waals surface area contributed by atoms with Crippen LogP contribution in [0.2, 0.25) is 0 Å². The lowest BCUT2D eigenvalue weighted by molar-refractivity contribution is -0.141. The molecule has 0 aliphatic carbocycles. The van der Waals surface area contributed by atoms with Crippen molar-refractivity contribution in [3.8, 4) is 0 Å². The van der Waals surface area contributed by atoms with E-state index in [-0.39, 0.29) is 17.9 Å². The fraction of sp³-hybridized carbons (Fsp3) is 0.588. The van der Waals surface area contributed by atoms with Crippen molar-refractivity contribution in [3.05, 3.63) is 24.4 Å². The number of hydrogen-bond donors (Lipinski definition) is 0. The van der Waals surface area contributed by atoms with Crippen LogP contribution in [-0.4, -0.2) is 41.3 Å². The second-order valence-electron chi connectivity index (χ2n) is 6.27. The van der Waals surface area contributed by atoms with Crippen molar-refractivity contribution in [3.63, 3.8) is 0 Å². The summed E-state index contributed by atoms with van der Waals surface area (Å²) in [5.74, 6) is 1.01. The predicted octanol–water partition coefficient (Wildman–Crippen LogP) is 2.47. The maximum absolute atomic E-state index is 12.9. The summed E-state index contributed by atoms with van der Waals surface area (Å²) in [6.45, 7) is 4.84. The minimum absolute atomic E-state index is 0.0531. The third kappa shape index (κ3) is 3.84. The van der Waals surface area contributed by atoms with Gasteiger partial charge in [-0.1, -0.05) is 19.9 Å². The highest BCUT2D eigenvalue weighted by atomic mass is 16.2. The zero-order valence-electron chi connectivity index (χ0n) is 13.7. The van der Waals surface area contributed by atoms with Gasteiger partial charge in [0.1, 0.15) is 11.9 Å². The molecule has 1 fully saturated rings. The molecule has 0 bridgehead atoms. The van der Waals surface area contributed by atoms with Gasteiger partial charge in [0.25, 0.3) is 5.91 Å². The van der Waals surface area contributed by atoms with E-state index in [1.165, 1.54) is 0 Å². The number of carbonyl (C=O) groups is 2. The smallest absolute Gasteiger partial charge is 0.250 e. The number of piperidine rings is 1. The second kappa shape index (κ2) is 7.38. The van der Waals surface area contributed by atoms with Crippen molar-refractivity contribution in [1.82, 2.24) is 9.88 Å². The van der Waals surface area contributed by atoms with Gasteiger partial charge in [0.05, 0.1) is 0 Å². The zero-order chi connectivity index (χ0) is 16.1. The number of anilines is 1. The van der Waals surface area contributed by atoms with Gasteiger partial charge in [-0.05, 0) is 37.3 Å². The predicted molar refractivity (Wildman–Crippen MR) is 86.5 cm³/mol. The molecule has 0 saturated carbocycles. The lowest BCUT2D eigenvalue weighted by Gasteiger charge is -2.36. The Hall–Kier alpha value is -1.91. The number of aromatic nitrogens is 1. The van der Waals surface area contributed by atoms with Crippen molar-refractivity contribution in [1.29, 1.82) is 0 Å². The van der Waals surface area contributed by atoms with Gasteiger partial charge in [-0.15, -0.1) is 0 Å². The molecule has 1 aromatic heterocycles. The average molecular weight is 303 g/mol. The summed E-state index contributed by atoms with van der Waals surface area (Å²) < 4.78 is 0. The third-order valence-electron chi connectivity index (χ3n) is 4.04. The van der Waals surface area contributed by atoms with Crippen molar-refractivity contribution in [2.24, 2.45) is 5.92 Å². The number of amides is 2. The lowest BCUT2D eigenvalue weighted by atomic mass is 9.98. The first-order valence-electron chi connectivity index (χ1n) is 7.98. The van der Waals surface area contributed by atoms with E-state index in [2.05, 4.69) is 18.8 Å². The Balaban J connectivity index is 2.20. The quantitative estimate of drug-likeness (QED) is 0.839. The average Bonchev–Trinajstić information content (AvgIpc) is 2.52. The maximum Gasteiger partial charge on any atom is 0.250 e. The highest BCUT2D eigenvalue weighted by molar-refractivity contribution is 5.98. The van der Waals surface area contributed by atoms with Crippen LogP contribution in [0.15, 0.2) is 24.4 Å². The maximum atomic E-state index is 12.9. The molecule has 1 aromatic rings. The Morgan fingerprint density at radius 1 is 1.36 bits per heavy atom. The van der Waals surface area contributed by atoms with E-state index < -0.39 is 0 Å². The van der Waals surface area contributed by atoms with Gasteiger partial charge in [0.15, 0.2) is 0 Å². The van der Waals surface area contributed by atoms with Gasteiger partial charge in [-0.3, -0.25) is 14.5 Å². The molecule has 2 amide bonds. The van der Waals surface area contributed by atoms with Crippen molar-refractivity contribution in [2.75, 3.05) is 18.5 Å². The van der Waals surface area contributed by atoms with Crippen LogP contribution in [0.5, 0.6) is 0 Å². The first kappa shape index (κ1) is 16.5. The fourth-order valence-electron chi connectivity index (χ4n) is 2.85. The summed E-state index contributed by atoms with van der Waals surface area (Å²) in [7, 11) is 1.73. The first-order chi connectivity index (χ1) is 10.5. The number of carbonyl (C=O) groups excluding carboxylic acids is 2. The minimum Gasteiger partial charge on any atom is -0.331 e. The van der Waals surface area contributed by atoms with Gasteiger partial charge >= 0.3 is 0 Å². The second-order valence-corrected chi connectivity index (χ2v) is 6.27. The van der Waals surface area contributed by atoms with Crippen LogP contribution in [0, 0.1) is 5.92 Å². The molecule has 0 N–H and O–H groups in total. The molecule has 1 aliphatic heterocycles. The van der Waals surface area contributed by atoms with Crippen LogP contribution in [0.4, 0.5) is 5.82 Å². The molecular weight excluding hydrogens is 278 g/mol. The highest BCUT2D eigenvalue weighted by Gasteiger charge is 2.34. The van der Waals surface area contributed by atoms with Crippen LogP contribution < -0.4 is 4.90 Å². The Kier molecular flexibility index (Phi) is 5.52. The van der Waals surface area contributed by atoms with E-state index in [1.54, 1.807) is 23.0 Å².